The Morgan fingerprint density at radius 1 is 1.20 bits per heavy atom. The van der Waals surface area contributed by atoms with Gasteiger partial charge < -0.3 is 9.16 Å². The number of ether oxygens (including phenoxy) is 1. The van der Waals surface area contributed by atoms with Crippen LogP contribution in [-0.4, -0.2) is 23.0 Å². The molecule has 0 atom stereocenters. The average Bonchev–Trinajstić information content (AvgIpc) is 2.29. The molecular weight excluding hydrogens is 204 g/mol. The van der Waals surface area contributed by atoms with Gasteiger partial charge in [-0.1, -0.05) is 36.0 Å². The summed E-state index contributed by atoms with van der Waals surface area (Å²) in [5.74, 6) is 0. The van der Waals surface area contributed by atoms with Crippen molar-refractivity contribution in [3.63, 3.8) is 0 Å². The summed E-state index contributed by atoms with van der Waals surface area (Å²) < 4.78 is 10.8. The van der Waals surface area contributed by atoms with Crippen LogP contribution in [0.15, 0.2) is 42.6 Å². The maximum absolute atomic E-state index is 5.50. The van der Waals surface area contributed by atoms with Crippen molar-refractivity contribution in [1.82, 2.24) is 0 Å². The normalized spacial score (nSPS) is 10.1. The lowest BCUT2D eigenvalue weighted by atomic mass is 10.2. The van der Waals surface area contributed by atoms with Crippen molar-refractivity contribution < 1.29 is 9.16 Å². The molecule has 2 nitrogen and oxygen atoms in total. The molecule has 80 valence electrons. The highest BCUT2D eigenvalue weighted by Crippen LogP contribution is 2.00. The first kappa shape index (κ1) is 12.2. The predicted octanol–water partition coefficient (Wildman–Crippen LogP) is 2.37. The summed E-state index contributed by atoms with van der Waals surface area (Å²) in [6, 6.07) is 10.2. The zero-order valence-corrected chi connectivity index (χ0v) is 9.82. The van der Waals surface area contributed by atoms with Crippen LogP contribution in [0.3, 0.4) is 0 Å². The molecule has 0 bridgehead atoms. The van der Waals surface area contributed by atoms with E-state index in [4.69, 9.17) is 9.16 Å². The van der Waals surface area contributed by atoms with Crippen LogP contribution in [-0.2, 0) is 15.8 Å². The van der Waals surface area contributed by atoms with E-state index in [0.717, 1.165) is 19.6 Å². The summed E-state index contributed by atoms with van der Waals surface area (Å²) in [6.07, 6.45) is 0.938. The molecule has 0 amide bonds. The SMILES string of the molecule is C=C[Si]OCCCOCc1ccccc1. The second-order valence-electron chi connectivity index (χ2n) is 3.06. The van der Waals surface area contributed by atoms with Gasteiger partial charge in [0.2, 0.25) is 0 Å². The van der Waals surface area contributed by atoms with E-state index in [-0.39, 0.29) is 0 Å². The Morgan fingerprint density at radius 2 is 2.00 bits per heavy atom. The summed E-state index contributed by atoms with van der Waals surface area (Å²) in [7, 11) is 0.408. The van der Waals surface area contributed by atoms with Crippen LogP contribution in [0.5, 0.6) is 0 Å². The fourth-order valence-electron chi connectivity index (χ4n) is 1.12. The summed E-state index contributed by atoms with van der Waals surface area (Å²) in [4.78, 5) is 0. The molecule has 0 unspecified atom stereocenters. The molecule has 1 aromatic rings. The van der Waals surface area contributed by atoms with E-state index in [1.807, 2.05) is 18.2 Å². The minimum Gasteiger partial charge on any atom is -0.412 e. The maximum atomic E-state index is 5.50. The van der Waals surface area contributed by atoms with Gasteiger partial charge in [0.15, 0.2) is 0 Å². The third-order valence-corrected chi connectivity index (χ3v) is 2.35. The minimum atomic E-state index is 0.408. The largest absolute Gasteiger partial charge is 0.412 e. The molecule has 0 aromatic heterocycles. The first-order valence-corrected chi connectivity index (χ1v) is 6.02. The van der Waals surface area contributed by atoms with Crippen LogP contribution in [0.4, 0.5) is 0 Å². The Hall–Kier alpha value is -0.903. The van der Waals surface area contributed by atoms with Crippen molar-refractivity contribution >= 4 is 9.76 Å². The molecule has 0 fully saturated rings. The number of rotatable bonds is 8. The van der Waals surface area contributed by atoms with Crippen LogP contribution in [0.25, 0.3) is 0 Å². The summed E-state index contributed by atoms with van der Waals surface area (Å²) in [6.45, 7) is 5.77. The van der Waals surface area contributed by atoms with E-state index >= 15 is 0 Å². The van der Waals surface area contributed by atoms with Gasteiger partial charge in [0.1, 0.15) is 0 Å². The Bertz CT molecular complexity index is 262. The first-order chi connectivity index (χ1) is 7.43. The zero-order chi connectivity index (χ0) is 10.8. The highest BCUT2D eigenvalue weighted by atomic mass is 28.2. The van der Waals surface area contributed by atoms with Gasteiger partial charge in [0, 0.05) is 13.2 Å². The summed E-state index contributed by atoms with van der Waals surface area (Å²) >= 11 is 0. The van der Waals surface area contributed by atoms with Crippen molar-refractivity contribution in [1.29, 1.82) is 0 Å². The van der Waals surface area contributed by atoms with Crippen molar-refractivity contribution in [3.05, 3.63) is 48.2 Å². The lowest BCUT2D eigenvalue weighted by molar-refractivity contribution is 0.108. The smallest absolute Gasteiger partial charge is 0.260 e. The standard InChI is InChI=1S/C12H16O2Si/c1-2-15-14-10-6-9-13-11-12-7-4-3-5-8-12/h2-5,7-8H,1,6,9-11H2. The number of hydrogen-bond acceptors (Lipinski definition) is 2. The van der Waals surface area contributed by atoms with Crippen LogP contribution < -0.4 is 0 Å². The Labute approximate surface area is 93.9 Å². The summed E-state index contributed by atoms with van der Waals surface area (Å²) in [5.41, 5.74) is 3.00. The molecule has 0 spiro atoms. The van der Waals surface area contributed by atoms with E-state index in [1.54, 1.807) is 5.70 Å². The second-order valence-corrected chi connectivity index (χ2v) is 3.99. The fourth-order valence-corrected chi connectivity index (χ4v) is 1.50. The third-order valence-electron chi connectivity index (χ3n) is 1.81. The molecule has 0 aliphatic heterocycles. The quantitative estimate of drug-likeness (QED) is 0.494. The van der Waals surface area contributed by atoms with Crippen LogP contribution in [0.1, 0.15) is 12.0 Å². The lowest BCUT2D eigenvalue weighted by Gasteiger charge is -2.04. The minimum absolute atomic E-state index is 0.408. The van der Waals surface area contributed by atoms with E-state index in [1.165, 1.54) is 5.56 Å². The molecule has 15 heavy (non-hydrogen) atoms. The number of hydrogen-bond donors (Lipinski definition) is 0. The summed E-state index contributed by atoms with van der Waals surface area (Å²) in [5, 5.41) is 0. The van der Waals surface area contributed by atoms with E-state index in [0.29, 0.717) is 16.4 Å². The molecule has 1 rings (SSSR count). The fraction of sp³-hybridized carbons (Fsp3) is 0.333. The molecule has 0 saturated carbocycles. The average molecular weight is 220 g/mol. The van der Waals surface area contributed by atoms with E-state index in [9.17, 15) is 0 Å². The third kappa shape index (κ3) is 6.22. The van der Waals surface area contributed by atoms with Crippen LogP contribution in [0.2, 0.25) is 0 Å². The molecule has 3 heteroatoms. The van der Waals surface area contributed by atoms with Gasteiger partial charge in [0.05, 0.1) is 6.61 Å². The molecule has 1 aromatic carbocycles. The van der Waals surface area contributed by atoms with E-state index in [2.05, 4.69) is 18.7 Å². The lowest BCUT2D eigenvalue weighted by Crippen LogP contribution is -2.02. The van der Waals surface area contributed by atoms with Crippen molar-refractivity contribution in [2.45, 2.75) is 13.0 Å². The Balaban J connectivity index is 1.95. The topological polar surface area (TPSA) is 18.5 Å². The molecule has 0 aliphatic rings. The highest BCUT2D eigenvalue weighted by Gasteiger charge is 1.92. The van der Waals surface area contributed by atoms with Crippen molar-refractivity contribution in [2.75, 3.05) is 13.2 Å². The van der Waals surface area contributed by atoms with Gasteiger partial charge in [-0.25, -0.2) is 0 Å². The molecule has 0 aliphatic carbocycles. The van der Waals surface area contributed by atoms with Crippen molar-refractivity contribution in [3.8, 4) is 0 Å². The van der Waals surface area contributed by atoms with Gasteiger partial charge in [-0.15, -0.1) is 6.58 Å². The maximum Gasteiger partial charge on any atom is 0.260 e. The predicted molar refractivity (Wildman–Crippen MR) is 62.6 cm³/mol. The van der Waals surface area contributed by atoms with Gasteiger partial charge in [-0.2, -0.15) is 0 Å². The van der Waals surface area contributed by atoms with Crippen molar-refractivity contribution in [2.24, 2.45) is 0 Å². The van der Waals surface area contributed by atoms with Gasteiger partial charge in [-0.05, 0) is 12.0 Å². The van der Waals surface area contributed by atoms with Crippen LogP contribution >= 0.6 is 0 Å². The molecule has 2 radical (unpaired) electrons. The molecule has 0 heterocycles. The number of benzene rings is 1. The highest BCUT2D eigenvalue weighted by molar-refractivity contribution is 6.33. The van der Waals surface area contributed by atoms with Crippen LogP contribution in [0, 0.1) is 0 Å². The van der Waals surface area contributed by atoms with Gasteiger partial charge >= 0.3 is 0 Å². The first-order valence-electron chi connectivity index (χ1n) is 5.03. The Morgan fingerprint density at radius 3 is 2.73 bits per heavy atom. The molecular formula is C12H16O2Si. The molecule has 0 N–H and O–H groups in total. The zero-order valence-electron chi connectivity index (χ0n) is 8.82. The van der Waals surface area contributed by atoms with Gasteiger partial charge in [0.25, 0.3) is 9.76 Å². The molecule has 0 saturated heterocycles. The second kappa shape index (κ2) is 8.41. The Kier molecular flexibility index (Phi) is 6.82. The van der Waals surface area contributed by atoms with Gasteiger partial charge in [-0.3, -0.25) is 0 Å². The monoisotopic (exact) mass is 220 g/mol. The van der Waals surface area contributed by atoms with E-state index < -0.39 is 0 Å².